The maximum Gasteiger partial charge on any atom is 0.261 e. The Morgan fingerprint density at radius 1 is 1.07 bits per heavy atom. The van der Waals surface area contributed by atoms with Crippen LogP contribution in [-0.4, -0.2) is 32.6 Å². The van der Waals surface area contributed by atoms with E-state index in [9.17, 15) is 13.2 Å². The molecule has 0 bridgehead atoms. The van der Waals surface area contributed by atoms with Crippen LogP contribution in [0.3, 0.4) is 0 Å². The molecule has 2 aromatic carbocycles. The summed E-state index contributed by atoms with van der Waals surface area (Å²) in [5, 5.41) is 5.49. The molecule has 144 valence electrons. The maximum absolute atomic E-state index is 12.3. The molecular weight excluding hydrogens is 386 g/mol. The van der Waals surface area contributed by atoms with Crippen LogP contribution in [-0.2, 0) is 10.0 Å². The summed E-state index contributed by atoms with van der Waals surface area (Å²) in [6.07, 6.45) is 0. The second kappa shape index (κ2) is 8.94. The van der Waals surface area contributed by atoms with Crippen molar-refractivity contribution in [2.75, 3.05) is 12.4 Å². The van der Waals surface area contributed by atoms with Gasteiger partial charge in [0.2, 0.25) is 10.0 Å². The van der Waals surface area contributed by atoms with E-state index in [1.54, 1.807) is 50.2 Å². The average Bonchev–Trinajstić information content (AvgIpc) is 2.60. The molecule has 3 N–H and O–H groups in total. The normalized spacial score (nSPS) is 11.1. The predicted octanol–water partition coefficient (Wildman–Crippen LogP) is 2.51. The van der Waals surface area contributed by atoms with Gasteiger partial charge in [-0.25, -0.2) is 13.1 Å². The zero-order chi connectivity index (χ0) is 20.0. The Hall–Kier alpha value is -2.49. The van der Waals surface area contributed by atoms with Crippen LogP contribution >= 0.6 is 12.2 Å². The first-order valence-corrected chi connectivity index (χ1v) is 10.00. The molecular formula is C18H21N3O4S2. The fraction of sp³-hybridized carbons (Fsp3) is 0.222. The number of thiocarbonyl (C=S) groups is 1. The van der Waals surface area contributed by atoms with E-state index in [0.29, 0.717) is 17.0 Å². The zero-order valence-electron chi connectivity index (χ0n) is 15.1. The lowest BCUT2D eigenvalue weighted by Gasteiger charge is -2.12. The van der Waals surface area contributed by atoms with E-state index in [1.807, 2.05) is 0 Å². The fourth-order valence-electron chi connectivity index (χ4n) is 2.26. The highest BCUT2D eigenvalue weighted by Gasteiger charge is 2.16. The number of hydrogen-bond donors (Lipinski definition) is 3. The van der Waals surface area contributed by atoms with Crippen molar-refractivity contribution in [3.05, 3.63) is 54.1 Å². The van der Waals surface area contributed by atoms with Crippen LogP contribution in [0, 0.1) is 0 Å². The van der Waals surface area contributed by atoms with Gasteiger partial charge in [-0.05, 0) is 62.5 Å². The number of rotatable bonds is 6. The monoisotopic (exact) mass is 407 g/mol. The summed E-state index contributed by atoms with van der Waals surface area (Å²) in [4.78, 5) is 12.5. The molecule has 0 saturated heterocycles. The van der Waals surface area contributed by atoms with Gasteiger partial charge < -0.3 is 10.1 Å². The molecule has 0 spiro atoms. The van der Waals surface area contributed by atoms with Gasteiger partial charge in [0.1, 0.15) is 5.75 Å². The summed E-state index contributed by atoms with van der Waals surface area (Å²) in [6, 6.07) is 12.6. The van der Waals surface area contributed by atoms with E-state index in [4.69, 9.17) is 17.0 Å². The van der Waals surface area contributed by atoms with Crippen molar-refractivity contribution < 1.29 is 17.9 Å². The van der Waals surface area contributed by atoms with Crippen LogP contribution in [0.2, 0.25) is 0 Å². The van der Waals surface area contributed by atoms with Gasteiger partial charge in [-0.3, -0.25) is 10.1 Å². The second-order valence-electron chi connectivity index (χ2n) is 5.91. The van der Waals surface area contributed by atoms with Crippen molar-refractivity contribution in [3.63, 3.8) is 0 Å². The molecule has 9 heteroatoms. The highest BCUT2D eigenvalue weighted by atomic mass is 32.2. The molecule has 0 saturated carbocycles. The molecule has 0 radical (unpaired) electrons. The second-order valence-corrected chi connectivity index (χ2v) is 8.03. The minimum absolute atomic E-state index is 0.0850. The maximum atomic E-state index is 12.3. The third-order valence-electron chi connectivity index (χ3n) is 3.39. The van der Waals surface area contributed by atoms with Gasteiger partial charge >= 0.3 is 0 Å². The standard InChI is InChI=1S/C18H21N3O4S2/c1-12(2)21-27(23,24)14-10-8-13(9-11-14)19-18(26)20-17(22)15-6-4-5-7-16(15)25-3/h4-12,21H,1-3H3,(H2,19,20,22,26). The zero-order valence-corrected chi connectivity index (χ0v) is 16.8. The van der Waals surface area contributed by atoms with E-state index >= 15 is 0 Å². The Morgan fingerprint density at radius 2 is 1.70 bits per heavy atom. The number of methoxy groups -OCH3 is 1. The molecule has 0 aliphatic heterocycles. The number of ether oxygens (including phenoxy) is 1. The molecule has 1 amide bonds. The van der Waals surface area contributed by atoms with Crippen LogP contribution < -0.4 is 20.1 Å². The number of carbonyl (C=O) groups excluding carboxylic acids is 1. The highest BCUT2D eigenvalue weighted by molar-refractivity contribution is 7.89. The van der Waals surface area contributed by atoms with Gasteiger partial charge in [-0.1, -0.05) is 12.1 Å². The SMILES string of the molecule is COc1ccccc1C(=O)NC(=S)Nc1ccc(S(=O)(=O)NC(C)C)cc1. The van der Waals surface area contributed by atoms with E-state index < -0.39 is 15.9 Å². The minimum atomic E-state index is -3.56. The number of nitrogens with one attached hydrogen (secondary N) is 3. The van der Waals surface area contributed by atoms with Crippen LogP contribution in [0.4, 0.5) is 5.69 Å². The van der Waals surface area contributed by atoms with E-state index in [0.717, 1.165) is 0 Å². The van der Waals surface area contributed by atoms with Gasteiger partial charge in [0.15, 0.2) is 5.11 Å². The topological polar surface area (TPSA) is 96.5 Å². The lowest BCUT2D eigenvalue weighted by molar-refractivity contribution is 0.0974. The van der Waals surface area contributed by atoms with Crippen LogP contribution in [0.1, 0.15) is 24.2 Å². The van der Waals surface area contributed by atoms with Gasteiger partial charge in [-0.15, -0.1) is 0 Å². The predicted molar refractivity (Wildman–Crippen MR) is 109 cm³/mol. The van der Waals surface area contributed by atoms with E-state index in [2.05, 4.69) is 15.4 Å². The van der Waals surface area contributed by atoms with E-state index in [-0.39, 0.29) is 16.0 Å². The molecule has 0 unspecified atom stereocenters. The van der Waals surface area contributed by atoms with Crippen molar-refractivity contribution in [2.45, 2.75) is 24.8 Å². The molecule has 0 fully saturated rings. The number of sulfonamides is 1. The fourth-order valence-corrected chi connectivity index (χ4v) is 3.72. The summed E-state index contributed by atoms with van der Waals surface area (Å²) in [5.41, 5.74) is 0.897. The summed E-state index contributed by atoms with van der Waals surface area (Å²) in [6.45, 7) is 3.49. The van der Waals surface area contributed by atoms with E-state index in [1.165, 1.54) is 19.2 Å². The Bertz CT molecular complexity index is 926. The lowest BCUT2D eigenvalue weighted by atomic mass is 10.2. The molecule has 2 aromatic rings. The smallest absolute Gasteiger partial charge is 0.261 e. The Balaban J connectivity index is 2.03. The van der Waals surface area contributed by atoms with Gasteiger partial charge in [-0.2, -0.15) is 0 Å². The molecule has 7 nitrogen and oxygen atoms in total. The molecule has 2 rings (SSSR count). The molecule has 0 aromatic heterocycles. The highest BCUT2D eigenvalue weighted by Crippen LogP contribution is 2.17. The van der Waals surface area contributed by atoms with Crippen molar-refractivity contribution in [3.8, 4) is 5.75 Å². The molecule has 27 heavy (non-hydrogen) atoms. The minimum Gasteiger partial charge on any atom is -0.496 e. The summed E-state index contributed by atoms with van der Waals surface area (Å²) in [7, 11) is -2.08. The van der Waals surface area contributed by atoms with Gasteiger partial charge in [0, 0.05) is 11.7 Å². The number of benzene rings is 2. The molecule has 0 heterocycles. The Kier molecular flexibility index (Phi) is 6.89. The first-order chi connectivity index (χ1) is 12.7. The number of hydrogen-bond acceptors (Lipinski definition) is 5. The van der Waals surface area contributed by atoms with Crippen molar-refractivity contribution in [1.82, 2.24) is 10.0 Å². The number of anilines is 1. The van der Waals surface area contributed by atoms with Crippen molar-refractivity contribution in [1.29, 1.82) is 0 Å². The Morgan fingerprint density at radius 3 is 2.30 bits per heavy atom. The lowest BCUT2D eigenvalue weighted by Crippen LogP contribution is -2.34. The largest absolute Gasteiger partial charge is 0.496 e. The average molecular weight is 408 g/mol. The third kappa shape index (κ3) is 5.75. The van der Waals surface area contributed by atoms with Crippen LogP contribution in [0.15, 0.2) is 53.4 Å². The Labute approximate surface area is 164 Å². The first-order valence-electron chi connectivity index (χ1n) is 8.10. The van der Waals surface area contributed by atoms with Crippen LogP contribution in [0.5, 0.6) is 5.75 Å². The quantitative estimate of drug-likeness (QED) is 0.637. The number of amides is 1. The number of para-hydroxylation sites is 1. The summed E-state index contributed by atoms with van der Waals surface area (Å²) < 4.78 is 31.9. The third-order valence-corrected chi connectivity index (χ3v) is 5.27. The summed E-state index contributed by atoms with van der Waals surface area (Å²) in [5.74, 6) is 0.0234. The molecule has 0 atom stereocenters. The van der Waals surface area contributed by atoms with Crippen molar-refractivity contribution >= 4 is 38.9 Å². The van der Waals surface area contributed by atoms with Crippen molar-refractivity contribution in [2.24, 2.45) is 0 Å². The van der Waals surface area contributed by atoms with Crippen LogP contribution in [0.25, 0.3) is 0 Å². The summed E-state index contributed by atoms with van der Waals surface area (Å²) >= 11 is 5.14. The number of carbonyl (C=O) groups is 1. The molecule has 0 aliphatic rings. The molecule has 0 aliphatic carbocycles. The van der Waals surface area contributed by atoms with Gasteiger partial charge in [0.25, 0.3) is 5.91 Å². The van der Waals surface area contributed by atoms with Gasteiger partial charge in [0.05, 0.1) is 17.6 Å². The first kappa shape index (κ1) is 20.8.